The molecule has 3 aromatic carbocycles. The first-order valence-electron chi connectivity index (χ1n) is 12.1. The lowest BCUT2D eigenvalue weighted by Crippen LogP contribution is -2.22. The quantitative estimate of drug-likeness (QED) is 0.189. The first-order chi connectivity index (χ1) is 19.7. The Morgan fingerprint density at radius 1 is 1.07 bits per heavy atom. The summed E-state index contributed by atoms with van der Waals surface area (Å²) in [5.41, 5.74) is -0.163. The lowest BCUT2D eigenvalue weighted by molar-refractivity contribution is -0.255. The normalized spacial score (nSPS) is 13.2. The van der Waals surface area contributed by atoms with Crippen LogP contribution < -0.4 is 10.2 Å². The maximum absolute atomic E-state index is 14.9. The monoisotopic (exact) mass is 616 g/mol. The van der Waals surface area contributed by atoms with Gasteiger partial charge in [-0.3, -0.25) is 0 Å². The van der Waals surface area contributed by atoms with E-state index in [1.807, 2.05) is 6.92 Å². The van der Waals surface area contributed by atoms with E-state index in [0.29, 0.717) is 27.1 Å². The lowest BCUT2D eigenvalue weighted by Gasteiger charge is -2.12. The van der Waals surface area contributed by atoms with Crippen LogP contribution >= 0.6 is 11.3 Å². The van der Waals surface area contributed by atoms with Gasteiger partial charge in [0.1, 0.15) is 5.82 Å². The first-order valence-corrected chi connectivity index (χ1v) is 14.5. The Labute approximate surface area is 241 Å². The smallest absolute Gasteiger partial charge is 0.433 e. The number of alkyl halides is 3. The molecule has 0 radical (unpaired) electrons. The molecule has 2 heterocycles. The van der Waals surface area contributed by atoms with Crippen LogP contribution in [-0.4, -0.2) is 25.3 Å². The largest absolute Gasteiger partial charge is 0.543 e. The molecule has 5 aromatic rings. The summed E-state index contributed by atoms with van der Waals surface area (Å²) in [4.78, 5) is 14.9. The second-order valence-corrected chi connectivity index (χ2v) is 11.8. The summed E-state index contributed by atoms with van der Waals surface area (Å²) in [5.74, 6) is -2.26. The van der Waals surface area contributed by atoms with Gasteiger partial charge in [-0.1, -0.05) is 42.0 Å². The summed E-state index contributed by atoms with van der Waals surface area (Å²) in [7, 11) is -3.79. The molecule has 1 atom stereocenters. The van der Waals surface area contributed by atoms with E-state index in [1.54, 1.807) is 24.3 Å². The van der Waals surface area contributed by atoms with Crippen molar-refractivity contribution in [3.05, 3.63) is 106 Å². The molecule has 8 nitrogen and oxygen atoms in total. The maximum Gasteiger partial charge on any atom is 0.433 e. The number of nitrogens with zero attached hydrogens (tertiary/aromatic N) is 3. The van der Waals surface area contributed by atoms with Crippen molar-refractivity contribution in [1.29, 1.82) is 0 Å². The molecule has 0 spiro atoms. The zero-order valence-electron chi connectivity index (χ0n) is 21.6. The highest BCUT2D eigenvalue weighted by Crippen LogP contribution is 2.41. The van der Waals surface area contributed by atoms with Crippen LogP contribution in [0.1, 0.15) is 32.9 Å². The predicted molar refractivity (Wildman–Crippen MR) is 147 cm³/mol. The number of carbonyl (C=O) groups excluding carboxylic acids is 1. The average molecular weight is 617 g/mol. The van der Waals surface area contributed by atoms with Crippen LogP contribution in [0.4, 0.5) is 17.6 Å². The summed E-state index contributed by atoms with van der Waals surface area (Å²) >= 11 is 0.628. The summed E-state index contributed by atoms with van der Waals surface area (Å²) in [5, 5.41) is 21.4. The average Bonchev–Trinajstić information content (AvgIpc) is 3.55. The number of carboxylic acids is 1. The number of rotatable bonds is 7. The summed E-state index contributed by atoms with van der Waals surface area (Å²) in [6, 6.07) is 15.9. The van der Waals surface area contributed by atoms with Crippen molar-refractivity contribution >= 4 is 27.7 Å². The Morgan fingerprint density at radius 3 is 2.29 bits per heavy atom. The molecule has 5 rings (SSSR count). The number of hydrogen-bond donors (Lipinski definition) is 2. The number of aryl methyl sites for hydroxylation is 1. The Bertz CT molecular complexity index is 1840. The van der Waals surface area contributed by atoms with Gasteiger partial charge >= 0.3 is 16.6 Å². The zero-order chi connectivity index (χ0) is 30.4. The molecule has 0 fully saturated rings. The number of hydrogen-bond acceptors (Lipinski definition) is 6. The van der Waals surface area contributed by atoms with Crippen LogP contribution in [0.3, 0.4) is 0 Å². The minimum Gasteiger partial charge on any atom is -0.543 e. The van der Waals surface area contributed by atoms with E-state index in [1.165, 1.54) is 36.4 Å². The van der Waals surface area contributed by atoms with E-state index in [2.05, 4.69) is 10.1 Å². The summed E-state index contributed by atoms with van der Waals surface area (Å²) in [6.07, 6.45) is -5.33. The second kappa shape index (κ2) is 10.9. The van der Waals surface area contributed by atoms with Gasteiger partial charge in [0, 0.05) is 28.5 Å². The molecule has 0 aliphatic heterocycles. The summed E-state index contributed by atoms with van der Waals surface area (Å²) in [6.45, 7) is 1.86. The third-order valence-electron chi connectivity index (χ3n) is 6.38. The van der Waals surface area contributed by atoms with Crippen molar-refractivity contribution in [3.63, 3.8) is 0 Å². The fraction of sp³-hybridized carbons (Fsp3) is 0.107. The highest BCUT2D eigenvalue weighted by atomic mass is 32.3. The van der Waals surface area contributed by atoms with Gasteiger partial charge in [0.15, 0.2) is 5.69 Å². The van der Waals surface area contributed by atoms with Crippen molar-refractivity contribution in [2.45, 2.75) is 24.4 Å². The van der Waals surface area contributed by atoms with Crippen LogP contribution in [0.2, 0.25) is 0 Å². The van der Waals surface area contributed by atoms with E-state index in [-0.39, 0.29) is 38.8 Å². The molecule has 1 unspecified atom stereocenters. The molecule has 0 aliphatic rings. The molecule has 0 saturated heterocycles. The van der Waals surface area contributed by atoms with E-state index < -0.39 is 39.8 Å². The fourth-order valence-corrected chi connectivity index (χ4v) is 5.64. The van der Waals surface area contributed by atoms with Gasteiger partial charge in [0.05, 0.1) is 17.4 Å². The van der Waals surface area contributed by atoms with Crippen molar-refractivity contribution in [2.24, 2.45) is 5.14 Å². The Kier molecular flexibility index (Phi) is 7.57. The van der Waals surface area contributed by atoms with Gasteiger partial charge < -0.3 is 9.90 Å². The first kappa shape index (κ1) is 29.3. The van der Waals surface area contributed by atoms with Gasteiger partial charge in [0.25, 0.3) is 0 Å². The number of halogens is 4. The predicted octanol–water partition coefficient (Wildman–Crippen LogP) is 5.29. The Morgan fingerprint density at radius 2 is 1.71 bits per heavy atom. The molecular formula is C28H20F4N4O4S2. The van der Waals surface area contributed by atoms with Gasteiger partial charge in [-0.15, -0.1) is 16.5 Å². The van der Waals surface area contributed by atoms with E-state index in [9.17, 15) is 36.2 Å². The highest BCUT2D eigenvalue weighted by Gasteiger charge is 2.41. The molecule has 0 aliphatic carbocycles. The number of benzene rings is 3. The van der Waals surface area contributed by atoms with Crippen molar-refractivity contribution in [2.75, 3.05) is 0 Å². The van der Waals surface area contributed by atoms with Gasteiger partial charge in [-0.2, -0.15) is 22.8 Å². The van der Waals surface area contributed by atoms with Crippen LogP contribution in [0, 0.1) is 12.7 Å². The molecule has 0 saturated carbocycles. The van der Waals surface area contributed by atoms with E-state index in [4.69, 9.17) is 5.14 Å². The second-order valence-electron chi connectivity index (χ2n) is 9.34. The standard InChI is InChI=1S/C28H20F4N4O4S2/c1-15-2-6-17(7-3-15)20-13-18(8-11-22(20)29)24-21(12-16-4-9-19(10-5-16)42(33,39)40)25(28(30,31)32)36(35-24)27-34-23(14-41-27)26(37)38/h2-11,13-14H,12H2,1H3,(H3-,33,37,38,39,40). The number of carbonyl (C=O) groups is 1. The van der Waals surface area contributed by atoms with Crippen LogP contribution in [0.5, 0.6) is 0 Å². The lowest BCUT2D eigenvalue weighted by atomic mass is 9.95. The third kappa shape index (κ3) is 5.87. The molecule has 14 heteroatoms. The van der Waals surface area contributed by atoms with E-state index >= 15 is 0 Å². The molecule has 42 heavy (non-hydrogen) atoms. The SMILES string of the molecule is Cc1ccc(-c2cc(-c3nn(-c4nc(C(=O)[O-])cs4)c(C(F)(F)F)c3Cc3ccc([S+](N)(=O)O)cc3)ccc2F)cc1. The van der Waals surface area contributed by atoms with Gasteiger partial charge in [-0.05, 0) is 52.6 Å². The number of thiazole rings is 1. The van der Waals surface area contributed by atoms with Crippen LogP contribution in [-0.2, 0) is 27.2 Å². The molecule has 3 N–H and O–H groups in total. The molecular weight excluding hydrogens is 596 g/mol. The van der Waals surface area contributed by atoms with Crippen LogP contribution in [0.25, 0.3) is 27.5 Å². The molecule has 0 bridgehead atoms. The Hall–Kier alpha value is -4.24. The van der Waals surface area contributed by atoms with Crippen LogP contribution in [0.15, 0.2) is 77.0 Å². The van der Waals surface area contributed by atoms with Crippen molar-refractivity contribution in [1.82, 2.24) is 14.8 Å². The van der Waals surface area contributed by atoms with Gasteiger partial charge in [0.2, 0.25) is 10.0 Å². The molecule has 216 valence electrons. The number of carboxylic acid groups (broad SMARTS) is 1. The third-order valence-corrected chi connectivity index (χ3v) is 8.14. The highest BCUT2D eigenvalue weighted by molar-refractivity contribution is 7.95. The molecule has 2 aromatic heterocycles. The summed E-state index contributed by atoms with van der Waals surface area (Å²) < 4.78 is 80.9. The van der Waals surface area contributed by atoms with Gasteiger partial charge in [-0.25, -0.2) is 14.1 Å². The number of aromatic carboxylic acids is 1. The van der Waals surface area contributed by atoms with Crippen molar-refractivity contribution < 1.29 is 36.2 Å². The topological polar surface area (TPSA) is 134 Å². The minimum absolute atomic E-state index is 0.114. The van der Waals surface area contributed by atoms with Crippen molar-refractivity contribution in [3.8, 4) is 27.5 Å². The Balaban J connectivity index is 1.74. The van der Waals surface area contributed by atoms with E-state index in [0.717, 1.165) is 17.0 Å². The number of nitrogens with two attached hydrogens (primary N) is 1. The number of aromatic nitrogens is 3. The zero-order valence-corrected chi connectivity index (χ0v) is 23.2. The minimum atomic E-state index is -4.98. The maximum atomic E-state index is 14.9. The molecule has 0 amide bonds. The fourth-order valence-electron chi connectivity index (χ4n) is 4.37.